The summed E-state index contributed by atoms with van der Waals surface area (Å²) in [6, 6.07) is 9.43. The van der Waals surface area contributed by atoms with Crippen LogP contribution in [-0.4, -0.2) is 6.54 Å². The first-order valence-corrected chi connectivity index (χ1v) is 8.83. The van der Waals surface area contributed by atoms with Crippen molar-refractivity contribution in [3.05, 3.63) is 33.4 Å². The molecule has 4 atom stereocenters. The van der Waals surface area contributed by atoms with Gasteiger partial charge in [-0.25, -0.2) is 0 Å². The molecule has 0 heterocycles. The predicted molar refractivity (Wildman–Crippen MR) is 89.1 cm³/mol. The SMILES string of the molecule is CCNC(CC1CC2CCC1C2)c1ccccc1I. The molecule has 0 aromatic heterocycles. The van der Waals surface area contributed by atoms with Gasteiger partial charge in [-0.3, -0.25) is 0 Å². The van der Waals surface area contributed by atoms with E-state index in [1.807, 2.05) is 0 Å². The molecule has 0 radical (unpaired) electrons. The molecule has 2 aliphatic carbocycles. The van der Waals surface area contributed by atoms with Gasteiger partial charge in [0.05, 0.1) is 0 Å². The summed E-state index contributed by atoms with van der Waals surface area (Å²) in [6.07, 6.45) is 7.37. The minimum atomic E-state index is 0.558. The van der Waals surface area contributed by atoms with E-state index in [9.17, 15) is 0 Å². The standard InChI is InChI=1S/C17H24IN/c1-2-19-17(15-5-3-4-6-16(15)18)11-14-10-12-7-8-13(14)9-12/h3-6,12-14,17,19H,2,7-11H2,1H3. The highest BCUT2D eigenvalue weighted by Crippen LogP contribution is 2.51. The zero-order valence-corrected chi connectivity index (χ0v) is 13.9. The fourth-order valence-electron chi connectivity index (χ4n) is 4.29. The molecule has 3 rings (SSSR count). The molecule has 4 unspecified atom stereocenters. The Balaban J connectivity index is 1.73. The van der Waals surface area contributed by atoms with E-state index in [0.29, 0.717) is 6.04 Å². The molecule has 2 heteroatoms. The second-order valence-electron chi connectivity index (χ2n) is 6.30. The van der Waals surface area contributed by atoms with Crippen molar-refractivity contribution in [2.24, 2.45) is 17.8 Å². The summed E-state index contributed by atoms with van der Waals surface area (Å²) in [6.45, 7) is 3.29. The van der Waals surface area contributed by atoms with E-state index in [0.717, 1.165) is 24.3 Å². The van der Waals surface area contributed by atoms with E-state index < -0.39 is 0 Å². The number of hydrogen-bond donors (Lipinski definition) is 1. The lowest BCUT2D eigenvalue weighted by Crippen LogP contribution is -2.26. The minimum Gasteiger partial charge on any atom is -0.310 e. The average Bonchev–Trinajstić information content (AvgIpc) is 3.01. The van der Waals surface area contributed by atoms with Crippen molar-refractivity contribution in [2.75, 3.05) is 6.54 Å². The first-order chi connectivity index (χ1) is 9.28. The Morgan fingerprint density at radius 2 is 2.11 bits per heavy atom. The van der Waals surface area contributed by atoms with Crippen LogP contribution in [0.1, 0.15) is 50.6 Å². The lowest BCUT2D eigenvalue weighted by atomic mass is 9.83. The van der Waals surface area contributed by atoms with Crippen molar-refractivity contribution in [3.63, 3.8) is 0 Å². The Morgan fingerprint density at radius 1 is 1.26 bits per heavy atom. The van der Waals surface area contributed by atoms with Crippen molar-refractivity contribution in [2.45, 2.75) is 45.1 Å². The molecule has 1 N–H and O–H groups in total. The monoisotopic (exact) mass is 369 g/mol. The molecule has 0 aliphatic heterocycles. The fourth-order valence-corrected chi connectivity index (χ4v) is 5.06. The number of fused-ring (bicyclic) bond motifs is 2. The molecule has 2 fully saturated rings. The Labute approximate surface area is 130 Å². The normalized spacial score (nSPS) is 30.7. The van der Waals surface area contributed by atoms with Gasteiger partial charge in [-0.2, -0.15) is 0 Å². The highest BCUT2D eigenvalue weighted by Gasteiger charge is 2.40. The van der Waals surface area contributed by atoms with Gasteiger partial charge in [-0.05, 0) is 84.2 Å². The van der Waals surface area contributed by atoms with Crippen LogP contribution in [0.25, 0.3) is 0 Å². The van der Waals surface area contributed by atoms with Crippen LogP contribution in [0.2, 0.25) is 0 Å². The Hall–Kier alpha value is -0.0900. The van der Waals surface area contributed by atoms with Crippen LogP contribution in [-0.2, 0) is 0 Å². The molecule has 0 spiro atoms. The molecule has 1 nitrogen and oxygen atoms in total. The van der Waals surface area contributed by atoms with Crippen LogP contribution in [0.3, 0.4) is 0 Å². The zero-order valence-electron chi connectivity index (χ0n) is 11.7. The number of rotatable bonds is 5. The number of benzene rings is 1. The fraction of sp³-hybridized carbons (Fsp3) is 0.647. The maximum Gasteiger partial charge on any atom is 0.0333 e. The van der Waals surface area contributed by atoms with E-state index in [1.54, 1.807) is 0 Å². The first kappa shape index (κ1) is 13.9. The van der Waals surface area contributed by atoms with Gasteiger partial charge in [0, 0.05) is 9.61 Å². The second kappa shape index (κ2) is 6.13. The minimum absolute atomic E-state index is 0.558. The van der Waals surface area contributed by atoms with Crippen molar-refractivity contribution in [1.29, 1.82) is 0 Å². The van der Waals surface area contributed by atoms with Gasteiger partial charge < -0.3 is 5.32 Å². The molecule has 2 bridgehead atoms. The molecule has 0 saturated heterocycles. The molecule has 0 amide bonds. The summed E-state index contributed by atoms with van der Waals surface area (Å²) >= 11 is 2.49. The third-order valence-electron chi connectivity index (χ3n) is 5.15. The van der Waals surface area contributed by atoms with E-state index >= 15 is 0 Å². The summed E-state index contributed by atoms with van der Waals surface area (Å²) in [5.41, 5.74) is 1.51. The molecule has 19 heavy (non-hydrogen) atoms. The largest absolute Gasteiger partial charge is 0.310 e. The van der Waals surface area contributed by atoms with E-state index in [4.69, 9.17) is 0 Å². The van der Waals surface area contributed by atoms with E-state index in [1.165, 1.54) is 41.2 Å². The van der Waals surface area contributed by atoms with Crippen molar-refractivity contribution >= 4 is 22.6 Å². The lowest BCUT2D eigenvalue weighted by Gasteiger charge is -2.28. The maximum absolute atomic E-state index is 3.72. The van der Waals surface area contributed by atoms with Gasteiger partial charge in [-0.15, -0.1) is 0 Å². The van der Waals surface area contributed by atoms with Gasteiger partial charge in [0.25, 0.3) is 0 Å². The summed E-state index contributed by atoms with van der Waals surface area (Å²) < 4.78 is 1.41. The zero-order chi connectivity index (χ0) is 13.2. The smallest absolute Gasteiger partial charge is 0.0333 e. The highest BCUT2D eigenvalue weighted by molar-refractivity contribution is 14.1. The molecule has 104 valence electrons. The van der Waals surface area contributed by atoms with Crippen LogP contribution < -0.4 is 5.32 Å². The highest BCUT2D eigenvalue weighted by atomic mass is 127. The van der Waals surface area contributed by atoms with Crippen molar-refractivity contribution in [1.82, 2.24) is 5.32 Å². The number of hydrogen-bond acceptors (Lipinski definition) is 1. The van der Waals surface area contributed by atoms with Crippen LogP contribution in [0.15, 0.2) is 24.3 Å². The van der Waals surface area contributed by atoms with Gasteiger partial charge in [0.1, 0.15) is 0 Å². The third kappa shape index (κ3) is 2.99. The van der Waals surface area contributed by atoms with E-state index in [2.05, 4.69) is 59.1 Å². The number of nitrogens with one attached hydrogen (secondary N) is 1. The topological polar surface area (TPSA) is 12.0 Å². The van der Waals surface area contributed by atoms with Crippen LogP contribution in [0.4, 0.5) is 0 Å². The van der Waals surface area contributed by atoms with Crippen LogP contribution >= 0.6 is 22.6 Å². The van der Waals surface area contributed by atoms with Crippen LogP contribution in [0, 0.1) is 21.3 Å². The first-order valence-electron chi connectivity index (χ1n) is 7.75. The van der Waals surface area contributed by atoms with Gasteiger partial charge in [0.15, 0.2) is 0 Å². The second-order valence-corrected chi connectivity index (χ2v) is 7.46. The molecular formula is C17H24IN. The predicted octanol–water partition coefficient (Wildman–Crippen LogP) is 4.77. The molecule has 1 aromatic rings. The third-order valence-corrected chi connectivity index (χ3v) is 6.14. The van der Waals surface area contributed by atoms with Gasteiger partial charge >= 0.3 is 0 Å². The quantitative estimate of drug-likeness (QED) is 0.738. The lowest BCUT2D eigenvalue weighted by molar-refractivity contribution is 0.280. The number of halogens is 1. The molecule has 2 saturated carbocycles. The van der Waals surface area contributed by atoms with Crippen molar-refractivity contribution in [3.8, 4) is 0 Å². The summed E-state index contributed by atoms with van der Waals surface area (Å²) in [5.74, 6) is 3.07. The summed E-state index contributed by atoms with van der Waals surface area (Å²) in [7, 11) is 0. The van der Waals surface area contributed by atoms with Crippen LogP contribution in [0.5, 0.6) is 0 Å². The summed E-state index contributed by atoms with van der Waals surface area (Å²) in [4.78, 5) is 0. The average molecular weight is 369 g/mol. The van der Waals surface area contributed by atoms with E-state index in [-0.39, 0.29) is 0 Å². The Morgan fingerprint density at radius 3 is 2.74 bits per heavy atom. The van der Waals surface area contributed by atoms with Crippen molar-refractivity contribution < 1.29 is 0 Å². The molecule has 1 aromatic carbocycles. The molecular weight excluding hydrogens is 345 g/mol. The molecule has 2 aliphatic rings. The van der Waals surface area contributed by atoms with Gasteiger partial charge in [-0.1, -0.05) is 31.5 Å². The maximum atomic E-state index is 3.72. The van der Waals surface area contributed by atoms with Gasteiger partial charge in [0.2, 0.25) is 0 Å². The Bertz CT molecular complexity index is 431. The Kier molecular flexibility index (Phi) is 4.47. The summed E-state index contributed by atoms with van der Waals surface area (Å²) in [5, 5.41) is 3.72.